The van der Waals surface area contributed by atoms with Crippen LogP contribution >= 0.6 is 11.3 Å². The summed E-state index contributed by atoms with van der Waals surface area (Å²) in [5.41, 5.74) is 1.34. The fourth-order valence-electron chi connectivity index (χ4n) is 2.23. The number of carbonyl (C=O) groups excluding carboxylic acids is 1. The third-order valence-electron chi connectivity index (χ3n) is 3.22. The molecule has 0 atom stereocenters. The molecule has 0 N–H and O–H groups in total. The molecule has 2 aromatic rings. The molecule has 6 heteroatoms. The lowest BCUT2D eigenvalue weighted by Crippen LogP contribution is -2.04. The number of thiophene rings is 1. The van der Waals surface area contributed by atoms with Crippen LogP contribution in [0.1, 0.15) is 32.6 Å². The number of ether oxygens (including phenoxy) is 2. The SMILES string of the molecule is CCOc1cc(/C=C/C(=O)c2cc(C)sc2C)ccc1OC(F)F. The quantitative estimate of drug-likeness (QED) is 0.503. The largest absolute Gasteiger partial charge is 0.490 e. The topological polar surface area (TPSA) is 35.5 Å². The first-order valence-corrected chi connectivity index (χ1v) is 8.23. The third-order valence-corrected chi connectivity index (χ3v) is 4.18. The first-order chi connectivity index (χ1) is 11.4. The molecule has 0 unspecified atom stereocenters. The molecule has 2 rings (SSSR count). The van der Waals surface area contributed by atoms with Crippen LogP contribution in [0.25, 0.3) is 6.08 Å². The second-order valence-corrected chi connectivity index (χ2v) is 6.50. The van der Waals surface area contributed by atoms with E-state index in [0.29, 0.717) is 17.7 Å². The zero-order chi connectivity index (χ0) is 17.7. The van der Waals surface area contributed by atoms with Crippen molar-refractivity contribution in [2.75, 3.05) is 6.61 Å². The van der Waals surface area contributed by atoms with Crippen molar-refractivity contribution in [3.05, 3.63) is 51.2 Å². The van der Waals surface area contributed by atoms with E-state index in [1.165, 1.54) is 12.1 Å². The van der Waals surface area contributed by atoms with E-state index in [0.717, 1.165) is 9.75 Å². The molecule has 0 fully saturated rings. The zero-order valence-corrected chi connectivity index (χ0v) is 14.5. The minimum atomic E-state index is -2.92. The standard InChI is InChI=1S/C18H18F2O3S/c1-4-22-17-10-13(6-8-16(17)23-18(19)20)5-7-15(21)14-9-11(2)24-12(14)3/h5-10,18H,4H2,1-3H3/b7-5+. The highest BCUT2D eigenvalue weighted by Crippen LogP contribution is 2.30. The van der Waals surface area contributed by atoms with Crippen LogP contribution in [0.15, 0.2) is 30.3 Å². The summed E-state index contributed by atoms with van der Waals surface area (Å²) in [6, 6.07) is 6.42. The van der Waals surface area contributed by atoms with Gasteiger partial charge in [0.2, 0.25) is 0 Å². The minimum Gasteiger partial charge on any atom is -0.490 e. The number of carbonyl (C=O) groups is 1. The molecule has 0 radical (unpaired) electrons. The summed E-state index contributed by atoms with van der Waals surface area (Å²) in [5, 5.41) is 0. The molecule has 24 heavy (non-hydrogen) atoms. The molecule has 0 bridgehead atoms. The van der Waals surface area contributed by atoms with Gasteiger partial charge in [0.15, 0.2) is 17.3 Å². The number of hydrogen-bond acceptors (Lipinski definition) is 4. The predicted molar refractivity (Wildman–Crippen MR) is 91.4 cm³/mol. The van der Waals surface area contributed by atoms with Crippen molar-refractivity contribution in [3.63, 3.8) is 0 Å². The summed E-state index contributed by atoms with van der Waals surface area (Å²) in [4.78, 5) is 14.3. The van der Waals surface area contributed by atoms with Gasteiger partial charge in [0, 0.05) is 15.3 Å². The zero-order valence-electron chi connectivity index (χ0n) is 13.6. The van der Waals surface area contributed by atoms with Crippen LogP contribution in [-0.4, -0.2) is 19.0 Å². The number of alkyl halides is 2. The van der Waals surface area contributed by atoms with Crippen LogP contribution in [0.2, 0.25) is 0 Å². The van der Waals surface area contributed by atoms with Crippen molar-refractivity contribution in [2.45, 2.75) is 27.4 Å². The maximum absolute atomic E-state index is 12.4. The molecule has 1 aromatic carbocycles. The molecule has 3 nitrogen and oxygen atoms in total. The van der Waals surface area contributed by atoms with Crippen molar-refractivity contribution < 1.29 is 23.0 Å². The van der Waals surface area contributed by atoms with E-state index < -0.39 is 6.61 Å². The monoisotopic (exact) mass is 352 g/mol. The average molecular weight is 352 g/mol. The highest BCUT2D eigenvalue weighted by Gasteiger charge is 2.12. The second kappa shape index (κ2) is 8.06. The second-order valence-electron chi connectivity index (χ2n) is 5.04. The fourth-order valence-corrected chi connectivity index (χ4v) is 3.16. The van der Waals surface area contributed by atoms with Gasteiger partial charge in [-0.25, -0.2) is 0 Å². The van der Waals surface area contributed by atoms with Crippen molar-refractivity contribution in [2.24, 2.45) is 0 Å². The molecular weight excluding hydrogens is 334 g/mol. The molecular formula is C18H18F2O3S. The van der Waals surface area contributed by atoms with Gasteiger partial charge in [0.25, 0.3) is 0 Å². The van der Waals surface area contributed by atoms with Crippen molar-refractivity contribution in [3.8, 4) is 11.5 Å². The summed E-state index contributed by atoms with van der Waals surface area (Å²) >= 11 is 1.57. The Morgan fingerprint density at radius 3 is 2.58 bits per heavy atom. The van der Waals surface area contributed by atoms with Gasteiger partial charge < -0.3 is 9.47 Å². The summed E-state index contributed by atoms with van der Waals surface area (Å²) in [6.45, 7) is 3.01. The molecule has 0 aliphatic carbocycles. The van der Waals surface area contributed by atoms with E-state index in [1.54, 1.807) is 36.5 Å². The number of benzene rings is 1. The fraction of sp³-hybridized carbons (Fsp3) is 0.278. The Hall–Kier alpha value is -2.21. The van der Waals surface area contributed by atoms with Gasteiger partial charge in [-0.05, 0) is 50.6 Å². The Balaban J connectivity index is 2.21. The molecule has 0 amide bonds. The molecule has 0 saturated heterocycles. The van der Waals surface area contributed by atoms with E-state index >= 15 is 0 Å². The van der Waals surface area contributed by atoms with Gasteiger partial charge in [-0.3, -0.25) is 4.79 Å². The Labute approximate surface area is 143 Å². The number of allylic oxidation sites excluding steroid dienone is 1. The van der Waals surface area contributed by atoms with Gasteiger partial charge in [-0.2, -0.15) is 8.78 Å². The number of ketones is 1. The number of halogens is 2. The van der Waals surface area contributed by atoms with E-state index in [4.69, 9.17) is 4.74 Å². The van der Waals surface area contributed by atoms with Gasteiger partial charge in [-0.1, -0.05) is 12.1 Å². The van der Waals surface area contributed by atoms with Gasteiger partial charge >= 0.3 is 6.61 Å². The first-order valence-electron chi connectivity index (χ1n) is 7.41. The van der Waals surface area contributed by atoms with E-state index in [-0.39, 0.29) is 17.3 Å². The highest BCUT2D eigenvalue weighted by atomic mass is 32.1. The average Bonchev–Trinajstić information content (AvgIpc) is 2.85. The Bertz CT molecular complexity index is 751. The lowest BCUT2D eigenvalue weighted by atomic mass is 10.1. The van der Waals surface area contributed by atoms with E-state index in [2.05, 4.69) is 4.74 Å². The minimum absolute atomic E-state index is 0.0281. The maximum atomic E-state index is 12.4. The number of rotatable bonds is 7. The normalized spacial score (nSPS) is 11.2. The van der Waals surface area contributed by atoms with Crippen LogP contribution in [0.5, 0.6) is 11.5 Å². The summed E-state index contributed by atoms with van der Waals surface area (Å²) in [7, 11) is 0. The third kappa shape index (κ3) is 4.64. The lowest BCUT2D eigenvalue weighted by Gasteiger charge is -2.11. The predicted octanol–water partition coefficient (Wildman–Crippen LogP) is 5.26. The van der Waals surface area contributed by atoms with Crippen LogP contribution in [0.3, 0.4) is 0 Å². The van der Waals surface area contributed by atoms with E-state index in [9.17, 15) is 13.6 Å². The molecule has 0 aliphatic rings. The van der Waals surface area contributed by atoms with Crippen LogP contribution in [0, 0.1) is 13.8 Å². The summed E-state index contributed by atoms with van der Waals surface area (Å²) in [5.74, 6) is 0.0947. The van der Waals surface area contributed by atoms with Crippen LogP contribution in [0.4, 0.5) is 8.78 Å². The molecule has 0 aliphatic heterocycles. The van der Waals surface area contributed by atoms with Gasteiger partial charge in [0.05, 0.1) is 6.61 Å². The smallest absolute Gasteiger partial charge is 0.387 e. The molecule has 0 saturated carbocycles. The van der Waals surface area contributed by atoms with Crippen LogP contribution < -0.4 is 9.47 Å². The van der Waals surface area contributed by atoms with Gasteiger partial charge in [-0.15, -0.1) is 11.3 Å². The molecule has 0 spiro atoms. The van der Waals surface area contributed by atoms with Gasteiger partial charge in [0.1, 0.15) is 0 Å². The lowest BCUT2D eigenvalue weighted by molar-refractivity contribution is -0.0514. The first kappa shape index (κ1) is 18.1. The molecule has 1 heterocycles. The Morgan fingerprint density at radius 1 is 1.25 bits per heavy atom. The highest BCUT2D eigenvalue weighted by molar-refractivity contribution is 7.12. The van der Waals surface area contributed by atoms with Crippen molar-refractivity contribution in [1.82, 2.24) is 0 Å². The summed E-state index contributed by atoms with van der Waals surface area (Å²) in [6.07, 6.45) is 3.09. The molecule has 1 aromatic heterocycles. The maximum Gasteiger partial charge on any atom is 0.387 e. The Morgan fingerprint density at radius 2 is 2.00 bits per heavy atom. The van der Waals surface area contributed by atoms with Crippen molar-refractivity contribution >= 4 is 23.2 Å². The number of hydrogen-bond donors (Lipinski definition) is 0. The summed E-state index contributed by atoms with van der Waals surface area (Å²) < 4.78 is 34.5. The Kier molecular flexibility index (Phi) is 6.09. The molecule has 128 valence electrons. The van der Waals surface area contributed by atoms with Crippen molar-refractivity contribution in [1.29, 1.82) is 0 Å². The van der Waals surface area contributed by atoms with Crippen LogP contribution in [-0.2, 0) is 0 Å². The van der Waals surface area contributed by atoms with E-state index in [1.807, 2.05) is 19.9 Å². The number of aryl methyl sites for hydroxylation is 2.